The van der Waals surface area contributed by atoms with Crippen molar-refractivity contribution in [1.82, 2.24) is 9.55 Å². The molecule has 0 saturated heterocycles. The summed E-state index contributed by atoms with van der Waals surface area (Å²) in [6, 6.07) is 7.27. The van der Waals surface area contributed by atoms with Crippen molar-refractivity contribution in [3.05, 3.63) is 51.3 Å². The lowest BCUT2D eigenvalue weighted by molar-refractivity contribution is -0.188. The number of ether oxygens (including phenoxy) is 3. The Labute approximate surface area is 207 Å². The van der Waals surface area contributed by atoms with Crippen molar-refractivity contribution in [3.63, 3.8) is 0 Å². The van der Waals surface area contributed by atoms with Crippen LogP contribution in [0, 0.1) is 0 Å². The van der Waals surface area contributed by atoms with Gasteiger partial charge in [0.05, 0.1) is 41.3 Å². The molecule has 2 aliphatic heterocycles. The number of hydrogen-bond donors (Lipinski definition) is 1. The molecule has 36 heavy (non-hydrogen) atoms. The predicted octanol–water partition coefficient (Wildman–Crippen LogP) is 2.32. The summed E-state index contributed by atoms with van der Waals surface area (Å²) in [4.78, 5) is 45.6. The molecule has 2 aliphatic rings. The molecule has 1 aromatic carbocycles. The number of nitrogens with zero attached hydrogens (tertiary/aromatic N) is 3. The first-order valence-electron chi connectivity index (χ1n) is 11.8. The highest BCUT2D eigenvalue weighted by Gasteiger charge is 2.50. The van der Waals surface area contributed by atoms with Crippen LogP contribution in [-0.4, -0.2) is 48.8 Å². The normalized spacial score (nSPS) is 17.8. The number of aromatic nitrogens is 2. The van der Waals surface area contributed by atoms with Crippen molar-refractivity contribution in [2.45, 2.75) is 39.0 Å². The predicted molar refractivity (Wildman–Crippen MR) is 134 cm³/mol. The second-order valence-corrected chi connectivity index (χ2v) is 9.14. The first-order valence-corrected chi connectivity index (χ1v) is 11.8. The lowest BCUT2D eigenvalue weighted by atomic mass is 9.85. The second-order valence-electron chi connectivity index (χ2n) is 9.14. The quantitative estimate of drug-likeness (QED) is 0.319. The highest BCUT2D eigenvalue weighted by molar-refractivity contribution is 5.99. The number of carbonyl (C=O) groups is 2. The summed E-state index contributed by atoms with van der Waals surface area (Å²) in [5, 5.41) is 0.874. The van der Waals surface area contributed by atoms with Crippen molar-refractivity contribution in [3.8, 4) is 11.4 Å². The van der Waals surface area contributed by atoms with Gasteiger partial charge in [-0.3, -0.25) is 9.59 Å². The van der Waals surface area contributed by atoms with Gasteiger partial charge >= 0.3 is 11.9 Å². The molecular weight excluding hydrogens is 464 g/mol. The van der Waals surface area contributed by atoms with Crippen LogP contribution in [-0.2, 0) is 42.6 Å². The molecule has 10 nitrogen and oxygen atoms in total. The lowest BCUT2D eigenvalue weighted by Crippen LogP contribution is -2.47. The van der Waals surface area contributed by atoms with E-state index in [9.17, 15) is 14.4 Å². The molecule has 1 atom stereocenters. The maximum absolute atomic E-state index is 13.7. The van der Waals surface area contributed by atoms with E-state index in [1.807, 2.05) is 19.2 Å². The van der Waals surface area contributed by atoms with Crippen LogP contribution in [0.4, 0.5) is 11.4 Å². The smallest absolute Gasteiger partial charge is 0.355 e. The molecule has 0 bridgehead atoms. The minimum absolute atomic E-state index is 0.129. The van der Waals surface area contributed by atoms with E-state index < -0.39 is 17.5 Å². The van der Waals surface area contributed by atoms with Crippen molar-refractivity contribution in [1.29, 1.82) is 0 Å². The number of pyridine rings is 2. The molecule has 4 heterocycles. The molecule has 188 valence electrons. The molecule has 0 fully saturated rings. The molecule has 0 aliphatic carbocycles. The summed E-state index contributed by atoms with van der Waals surface area (Å²) < 4.78 is 17.8. The molecule has 0 amide bonds. The van der Waals surface area contributed by atoms with E-state index >= 15 is 0 Å². The number of nitrogen functional groups attached to an aromatic ring is 1. The highest BCUT2D eigenvalue weighted by atomic mass is 16.6. The molecule has 5 rings (SSSR count). The zero-order valence-electron chi connectivity index (χ0n) is 20.7. The second kappa shape index (κ2) is 8.63. The van der Waals surface area contributed by atoms with Crippen LogP contribution < -0.4 is 16.2 Å². The number of rotatable bonds is 6. The maximum atomic E-state index is 13.7. The van der Waals surface area contributed by atoms with Gasteiger partial charge in [0, 0.05) is 49.8 Å². The van der Waals surface area contributed by atoms with E-state index in [4.69, 9.17) is 24.9 Å². The van der Waals surface area contributed by atoms with Crippen LogP contribution in [0.2, 0.25) is 0 Å². The number of esters is 2. The number of hydrogen-bond acceptors (Lipinski definition) is 9. The van der Waals surface area contributed by atoms with Crippen LogP contribution in [0.3, 0.4) is 0 Å². The zero-order chi connectivity index (χ0) is 25.8. The van der Waals surface area contributed by atoms with Crippen LogP contribution >= 0.6 is 0 Å². The molecule has 3 aromatic rings. The van der Waals surface area contributed by atoms with E-state index in [2.05, 4.69) is 4.90 Å². The van der Waals surface area contributed by atoms with E-state index in [1.165, 1.54) is 6.92 Å². The Balaban J connectivity index is 1.79. The van der Waals surface area contributed by atoms with Gasteiger partial charge in [0.2, 0.25) is 5.60 Å². The Morgan fingerprint density at radius 2 is 2.06 bits per heavy atom. The number of benzene rings is 1. The summed E-state index contributed by atoms with van der Waals surface area (Å²) in [7, 11) is 3.61. The first kappa shape index (κ1) is 23.8. The molecule has 0 saturated carbocycles. The van der Waals surface area contributed by atoms with E-state index in [0.29, 0.717) is 47.9 Å². The third-order valence-corrected chi connectivity index (χ3v) is 6.98. The molecule has 0 spiro atoms. The standard InChI is InChI=1S/C26H28N4O6/c1-5-26(36-14(2)31)19-11-21-22-17(12-30(21)24(32)18(19)13-35-25(26)33)23(29(3)8-9-34-4)16-10-15(27)6-7-20(16)28-22/h6-7,10-11H,5,8-9,12-13,27H2,1-4H3/t26-/m0/s1. The Hall–Kier alpha value is -3.92. The van der Waals surface area contributed by atoms with Gasteiger partial charge in [0.15, 0.2) is 0 Å². The Morgan fingerprint density at radius 1 is 1.28 bits per heavy atom. The first-order chi connectivity index (χ1) is 17.2. The van der Waals surface area contributed by atoms with Crippen LogP contribution in [0.1, 0.15) is 37.0 Å². The van der Waals surface area contributed by atoms with Gasteiger partial charge in [-0.1, -0.05) is 6.92 Å². The average Bonchev–Trinajstić information content (AvgIpc) is 3.21. The third kappa shape index (κ3) is 3.43. The maximum Gasteiger partial charge on any atom is 0.355 e. The Kier molecular flexibility index (Phi) is 5.71. The molecule has 0 unspecified atom stereocenters. The fourth-order valence-corrected chi connectivity index (χ4v) is 5.25. The van der Waals surface area contributed by atoms with Crippen molar-refractivity contribution >= 4 is 34.2 Å². The zero-order valence-corrected chi connectivity index (χ0v) is 20.7. The van der Waals surface area contributed by atoms with Gasteiger partial charge in [-0.2, -0.15) is 0 Å². The topological polar surface area (TPSA) is 126 Å². The number of fused-ring (bicyclic) bond motifs is 5. The monoisotopic (exact) mass is 492 g/mol. The van der Waals surface area contributed by atoms with Gasteiger partial charge in [-0.25, -0.2) is 9.78 Å². The van der Waals surface area contributed by atoms with Crippen molar-refractivity contribution in [2.75, 3.05) is 37.9 Å². The van der Waals surface area contributed by atoms with E-state index in [0.717, 1.165) is 22.2 Å². The van der Waals surface area contributed by atoms with Gasteiger partial charge in [0.1, 0.15) is 6.61 Å². The molecule has 0 radical (unpaired) electrons. The van der Waals surface area contributed by atoms with Crippen molar-refractivity contribution in [2.24, 2.45) is 0 Å². The number of cyclic esters (lactones) is 1. The molecule has 2 N–H and O–H groups in total. The Morgan fingerprint density at radius 3 is 2.75 bits per heavy atom. The van der Waals surface area contributed by atoms with Gasteiger partial charge in [0.25, 0.3) is 5.56 Å². The molecule has 2 aromatic heterocycles. The summed E-state index contributed by atoms with van der Waals surface area (Å²) >= 11 is 0. The SMILES string of the molecule is CC[C@@]1(OC(C)=O)C(=O)OCc2c1cc1n(c2=O)Cc2c-1nc1ccc(N)cc1c2N(C)CCOC. The fraction of sp³-hybridized carbons (Fsp3) is 0.385. The minimum atomic E-state index is -1.68. The molecule has 10 heteroatoms. The number of carbonyl (C=O) groups excluding carboxylic acids is 2. The summed E-state index contributed by atoms with van der Waals surface area (Å²) in [6.45, 7) is 4.19. The number of methoxy groups -OCH3 is 1. The summed E-state index contributed by atoms with van der Waals surface area (Å²) in [5.74, 6) is -1.32. The van der Waals surface area contributed by atoms with Crippen LogP contribution in [0.15, 0.2) is 29.1 Å². The van der Waals surface area contributed by atoms with Gasteiger partial charge < -0.3 is 29.4 Å². The largest absolute Gasteiger partial charge is 0.457 e. The lowest BCUT2D eigenvalue weighted by Gasteiger charge is -2.35. The number of nitrogens with two attached hydrogens (primary N) is 1. The minimum Gasteiger partial charge on any atom is -0.457 e. The number of likely N-dealkylation sites (N-methyl/N-ethyl adjacent to an activating group) is 1. The van der Waals surface area contributed by atoms with Crippen LogP contribution in [0.25, 0.3) is 22.3 Å². The van der Waals surface area contributed by atoms with Gasteiger partial charge in [-0.05, 0) is 30.7 Å². The summed E-state index contributed by atoms with van der Waals surface area (Å²) in [5.41, 5.74) is 9.11. The average molecular weight is 493 g/mol. The number of anilines is 2. The Bertz CT molecular complexity index is 1480. The van der Waals surface area contributed by atoms with Gasteiger partial charge in [-0.15, -0.1) is 0 Å². The van der Waals surface area contributed by atoms with E-state index in [-0.39, 0.29) is 18.6 Å². The van der Waals surface area contributed by atoms with Crippen LogP contribution in [0.5, 0.6) is 0 Å². The fourth-order valence-electron chi connectivity index (χ4n) is 5.25. The summed E-state index contributed by atoms with van der Waals surface area (Å²) in [6.07, 6.45) is 0.129. The molecular formula is C26H28N4O6. The highest BCUT2D eigenvalue weighted by Crippen LogP contribution is 2.44. The van der Waals surface area contributed by atoms with Crippen molar-refractivity contribution < 1.29 is 23.8 Å². The van der Waals surface area contributed by atoms with E-state index in [1.54, 1.807) is 30.7 Å². The third-order valence-electron chi connectivity index (χ3n) is 6.98.